The third-order valence-electron chi connectivity index (χ3n) is 6.43. The number of rotatable bonds is 24. The molecule has 272 valence electrons. The number of carbonyl (C=O) groups is 9. The Morgan fingerprint density at radius 3 is 1.73 bits per heavy atom. The number of amides is 7. The lowest BCUT2D eigenvalue weighted by Gasteiger charge is -2.19. The fourth-order valence-electron chi connectivity index (χ4n) is 3.92. The van der Waals surface area contributed by atoms with Crippen LogP contribution >= 0.6 is 0 Å². The number of nitrogens with two attached hydrogens (primary N) is 2. The molecular weight excluding hydrogens is 654 g/mol. The van der Waals surface area contributed by atoms with Crippen LogP contribution in [0.25, 0.3) is 0 Å². The van der Waals surface area contributed by atoms with E-state index in [9.17, 15) is 48.3 Å². The zero-order chi connectivity index (χ0) is 36.8. The van der Waals surface area contributed by atoms with Gasteiger partial charge in [0.25, 0.3) is 0 Å². The van der Waals surface area contributed by atoms with E-state index in [-0.39, 0.29) is 25.8 Å². The number of imidazole rings is 1. The third-order valence-corrected chi connectivity index (χ3v) is 6.43. The maximum atomic E-state index is 12.8. The van der Waals surface area contributed by atoms with Gasteiger partial charge in [0, 0.05) is 24.7 Å². The Bertz CT molecular complexity index is 1310. The van der Waals surface area contributed by atoms with Crippen LogP contribution in [-0.2, 0) is 49.6 Å². The molecule has 1 rings (SSSR count). The number of carbonyl (C=O) groups excluding carboxylic acids is 7. The van der Waals surface area contributed by atoms with Crippen molar-refractivity contribution >= 4 is 53.3 Å². The maximum Gasteiger partial charge on any atom is 0.326 e. The lowest BCUT2D eigenvalue weighted by atomic mass is 10.1. The van der Waals surface area contributed by atoms with Crippen LogP contribution < -0.4 is 48.7 Å². The van der Waals surface area contributed by atoms with Gasteiger partial charge in [-0.2, -0.15) is 0 Å². The molecule has 22 heteroatoms. The van der Waals surface area contributed by atoms with E-state index in [1.807, 2.05) is 0 Å². The first-order valence-electron chi connectivity index (χ1n) is 15.0. The molecule has 1 aromatic rings. The number of aromatic amines is 1. The highest BCUT2D eigenvalue weighted by molar-refractivity contribution is 5.94. The van der Waals surface area contributed by atoms with E-state index >= 15 is 0 Å². The summed E-state index contributed by atoms with van der Waals surface area (Å²) in [5.74, 6) is -8.18. The predicted molar refractivity (Wildman–Crippen MR) is 167 cm³/mol. The van der Waals surface area contributed by atoms with Crippen molar-refractivity contribution in [3.8, 4) is 0 Å². The minimum absolute atomic E-state index is 0.0528. The van der Waals surface area contributed by atoms with Crippen molar-refractivity contribution in [2.45, 2.75) is 56.7 Å². The molecule has 0 unspecified atom stereocenters. The van der Waals surface area contributed by atoms with Gasteiger partial charge in [0.2, 0.25) is 41.4 Å². The molecule has 7 amide bonds. The number of aliphatic carboxylic acids is 2. The monoisotopic (exact) mass is 697 g/mol. The molecule has 0 saturated heterocycles. The molecule has 14 N–H and O–H groups in total. The summed E-state index contributed by atoms with van der Waals surface area (Å²) in [5.41, 5.74) is 11.0. The summed E-state index contributed by atoms with van der Waals surface area (Å²) < 4.78 is 0. The van der Waals surface area contributed by atoms with Crippen molar-refractivity contribution in [2.75, 3.05) is 39.3 Å². The normalized spacial score (nSPS) is 12.3. The maximum absolute atomic E-state index is 12.8. The lowest BCUT2D eigenvalue weighted by molar-refractivity contribution is -0.142. The number of nitrogens with one attached hydrogen (secondary N) is 8. The number of hydrogen-bond donors (Lipinski definition) is 12. The molecule has 3 atom stereocenters. The van der Waals surface area contributed by atoms with Crippen molar-refractivity contribution in [1.29, 1.82) is 0 Å². The molecule has 0 saturated carbocycles. The molecule has 0 aliphatic carbocycles. The molecule has 0 fully saturated rings. The molecule has 0 radical (unpaired) electrons. The highest BCUT2D eigenvalue weighted by Crippen LogP contribution is 2.02. The van der Waals surface area contributed by atoms with E-state index in [0.717, 1.165) is 0 Å². The number of carboxylic acids is 2. The fraction of sp³-hybridized carbons (Fsp3) is 0.556. The number of aromatic nitrogens is 2. The SMILES string of the molecule is NCCCC[C@H](NC(=O)CNC(=O)[C@H](CCC(=O)O)NC(=O)CNC(=O)CNC(=O)[C@H](Cc1cnc[nH]1)NC(=O)CNC(=O)CN)C(=O)O. The van der Waals surface area contributed by atoms with Gasteiger partial charge < -0.3 is 63.9 Å². The summed E-state index contributed by atoms with van der Waals surface area (Å²) in [6, 6.07) is -3.85. The average Bonchev–Trinajstić information content (AvgIpc) is 3.58. The Labute approximate surface area is 279 Å². The van der Waals surface area contributed by atoms with Crippen LogP contribution in [0.15, 0.2) is 12.5 Å². The highest BCUT2D eigenvalue weighted by atomic mass is 16.4. The minimum atomic E-state index is -1.44. The van der Waals surface area contributed by atoms with E-state index in [4.69, 9.17) is 16.6 Å². The van der Waals surface area contributed by atoms with Gasteiger partial charge in [-0.05, 0) is 32.2 Å². The number of carboxylic acid groups (broad SMARTS) is 2. The summed E-state index contributed by atoms with van der Waals surface area (Å²) in [6.07, 6.45) is 2.88. The fourth-order valence-corrected chi connectivity index (χ4v) is 3.92. The van der Waals surface area contributed by atoms with Gasteiger partial charge in [-0.15, -0.1) is 0 Å². The van der Waals surface area contributed by atoms with E-state index in [2.05, 4.69) is 47.2 Å². The topological polar surface area (TPSA) is 359 Å². The third kappa shape index (κ3) is 18.3. The second-order valence-corrected chi connectivity index (χ2v) is 10.4. The molecule has 0 aliphatic heterocycles. The van der Waals surface area contributed by atoms with Gasteiger partial charge in [-0.25, -0.2) is 9.78 Å². The molecule has 0 spiro atoms. The van der Waals surface area contributed by atoms with Crippen LogP contribution in [0.5, 0.6) is 0 Å². The summed E-state index contributed by atoms with van der Waals surface area (Å²) in [4.78, 5) is 115. The lowest BCUT2D eigenvalue weighted by Crippen LogP contribution is -2.53. The van der Waals surface area contributed by atoms with E-state index < -0.39 is 104 Å². The number of hydrogen-bond acceptors (Lipinski definition) is 12. The molecule has 22 nitrogen and oxygen atoms in total. The van der Waals surface area contributed by atoms with Gasteiger partial charge in [0.1, 0.15) is 18.1 Å². The average molecular weight is 698 g/mol. The van der Waals surface area contributed by atoms with Crippen molar-refractivity contribution in [1.82, 2.24) is 47.2 Å². The molecule has 0 aliphatic rings. The van der Waals surface area contributed by atoms with Crippen molar-refractivity contribution in [2.24, 2.45) is 11.5 Å². The van der Waals surface area contributed by atoms with Crippen LogP contribution in [0.2, 0.25) is 0 Å². The minimum Gasteiger partial charge on any atom is -0.481 e. The smallest absolute Gasteiger partial charge is 0.326 e. The Balaban J connectivity index is 2.66. The van der Waals surface area contributed by atoms with Crippen LogP contribution in [0.3, 0.4) is 0 Å². The molecule has 0 aromatic carbocycles. The molecule has 0 bridgehead atoms. The number of H-pyrrole nitrogens is 1. The Morgan fingerprint density at radius 2 is 1.20 bits per heavy atom. The number of nitrogens with zero attached hydrogens (tertiary/aromatic N) is 1. The van der Waals surface area contributed by atoms with Gasteiger partial charge >= 0.3 is 11.9 Å². The van der Waals surface area contributed by atoms with Crippen LogP contribution in [0, 0.1) is 0 Å². The van der Waals surface area contributed by atoms with Crippen LogP contribution in [0.1, 0.15) is 37.8 Å². The van der Waals surface area contributed by atoms with Gasteiger partial charge in [0.15, 0.2) is 0 Å². The van der Waals surface area contributed by atoms with Gasteiger partial charge in [0.05, 0.1) is 39.1 Å². The van der Waals surface area contributed by atoms with Gasteiger partial charge in [-0.1, -0.05) is 0 Å². The Morgan fingerprint density at radius 1 is 0.673 bits per heavy atom. The van der Waals surface area contributed by atoms with Crippen molar-refractivity contribution in [3.63, 3.8) is 0 Å². The highest BCUT2D eigenvalue weighted by Gasteiger charge is 2.25. The molecule has 49 heavy (non-hydrogen) atoms. The molecule has 1 heterocycles. The largest absolute Gasteiger partial charge is 0.481 e. The quantitative estimate of drug-likeness (QED) is 0.0448. The van der Waals surface area contributed by atoms with Crippen molar-refractivity contribution < 1.29 is 53.4 Å². The Hall–Kier alpha value is -5.64. The first kappa shape index (κ1) is 41.4. The first-order chi connectivity index (χ1) is 23.2. The first-order valence-corrected chi connectivity index (χ1v) is 15.0. The van der Waals surface area contributed by atoms with Crippen molar-refractivity contribution in [3.05, 3.63) is 18.2 Å². The van der Waals surface area contributed by atoms with Gasteiger partial charge in [-0.3, -0.25) is 38.4 Å². The zero-order valence-corrected chi connectivity index (χ0v) is 26.5. The zero-order valence-electron chi connectivity index (χ0n) is 26.5. The molecule has 1 aromatic heterocycles. The number of unbranched alkanes of at least 4 members (excludes halogenated alkanes) is 1. The second-order valence-electron chi connectivity index (χ2n) is 10.4. The summed E-state index contributed by atoms with van der Waals surface area (Å²) >= 11 is 0. The molecular formula is C27H43N11O11. The predicted octanol–water partition coefficient (Wildman–Crippen LogP) is -6.09. The summed E-state index contributed by atoms with van der Waals surface area (Å²) in [7, 11) is 0. The Kier molecular flexibility index (Phi) is 19.3. The van der Waals surface area contributed by atoms with Crippen LogP contribution in [0.4, 0.5) is 0 Å². The summed E-state index contributed by atoms with van der Waals surface area (Å²) in [6.45, 7) is -2.45. The standard InChI is InChI=1S/C27H43N11O11/c28-6-2-1-3-17(27(48)49)37-23(43)13-34-25(46)16(4-5-24(44)45)36-21(41)12-32-20(40)10-33-26(47)18(7-15-9-30-14-35-15)38-22(42)11-31-19(39)8-29/h9,14,16-18H,1-8,10-13,28-29H2,(H,30,35)(H,31,39)(H,32,40)(H,33,47)(H,34,46)(H,36,41)(H,37,43)(H,38,42)(H,44,45)(H,48,49)/t16-,17-,18-/m0/s1. The van der Waals surface area contributed by atoms with E-state index in [1.54, 1.807) is 0 Å². The van der Waals surface area contributed by atoms with E-state index in [1.165, 1.54) is 12.5 Å². The summed E-state index contributed by atoms with van der Waals surface area (Å²) in [5, 5.41) is 34.2. The van der Waals surface area contributed by atoms with Crippen LogP contribution in [-0.4, -0.2) is 131 Å². The van der Waals surface area contributed by atoms with E-state index in [0.29, 0.717) is 25.1 Å². The second kappa shape index (κ2) is 22.8.